The van der Waals surface area contributed by atoms with Crippen LogP contribution in [0.15, 0.2) is 48.7 Å². The van der Waals surface area contributed by atoms with Gasteiger partial charge in [-0.05, 0) is 18.4 Å². The van der Waals surface area contributed by atoms with Gasteiger partial charge >= 0.3 is 5.69 Å². The Balaban J connectivity index is 1.79. The number of carbonyl (C=O) groups excluding carboxylic acids is 1. The first kappa shape index (κ1) is 16.4. The number of amides is 1. The molecule has 1 unspecified atom stereocenters. The lowest BCUT2D eigenvalue weighted by Gasteiger charge is -2.16. The molecule has 2 aromatic carbocycles. The summed E-state index contributed by atoms with van der Waals surface area (Å²) in [5, 5.41) is 19.2. The number of nitro groups is 1. The van der Waals surface area contributed by atoms with Crippen LogP contribution in [0.1, 0.15) is 6.92 Å². The third kappa shape index (κ3) is 3.27. The van der Waals surface area contributed by atoms with Crippen molar-refractivity contribution >= 4 is 28.2 Å². The van der Waals surface area contributed by atoms with Crippen molar-refractivity contribution in [3.8, 4) is 5.75 Å². The van der Waals surface area contributed by atoms with E-state index >= 15 is 0 Å². The van der Waals surface area contributed by atoms with Crippen LogP contribution in [0.3, 0.4) is 0 Å². The number of aryl methyl sites for hydroxylation is 1. The van der Waals surface area contributed by atoms with Gasteiger partial charge in [-0.2, -0.15) is 5.10 Å². The fraction of sp³-hybridized carbons (Fsp3) is 0.176. The van der Waals surface area contributed by atoms with E-state index < -0.39 is 16.9 Å². The van der Waals surface area contributed by atoms with Crippen molar-refractivity contribution in [2.75, 3.05) is 5.32 Å². The molecule has 0 bridgehead atoms. The molecule has 0 aliphatic rings. The Kier molecular flexibility index (Phi) is 4.34. The molecule has 8 heteroatoms. The third-order valence-electron chi connectivity index (χ3n) is 3.78. The van der Waals surface area contributed by atoms with E-state index in [9.17, 15) is 14.9 Å². The van der Waals surface area contributed by atoms with E-state index in [1.165, 1.54) is 11.7 Å². The summed E-state index contributed by atoms with van der Waals surface area (Å²) in [6.07, 6.45) is 0.242. The Bertz CT molecular complexity index is 945. The largest absolute Gasteiger partial charge is 0.480 e. The molecule has 0 spiro atoms. The van der Waals surface area contributed by atoms with Crippen LogP contribution < -0.4 is 10.1 Å². The fourth-order valence-electron chi connectivity index (χ4n) is 2.47. The number of anilines is 1. The molecule has 0 saturated carbocycles. The van der Waals surface area contributed by atoms with Gasteiger partial charge in [0.05, 0.1) is 4.92 Å². The summed E-state index contributed by atoms with van der Waals surface area (Å²) in [7, 11) is 1.51. The van der Waals surface area contributed by atoms with Gasteiger partial charge in [0.2, 0.25) is 5.82 Å². The molecule has 1 aromatic heterocycles. The molecule has 8 nitrogen and oxygen atoms in total. The molecule has 0 aliphatic heterocycles. The lowest BCUT2D eigenvalue weighted by molar-refractivity contribution is -0.384. The standard InChI is InChI=1S/C17H16N4O4/c1-11(17(22)19-16-14(21(23)24)10-18-20(16)2)25-15-9-5-7-12-6-3-4-8-13(12)15/h3-11H,1-2H3,(H,19,22). The predicted molar refractivity (Wildman–Crippen MR) is 92.5 cm³/mol. The fourth-order valence-corrected chi connectivity index (χ4v) is 2.47. The average molecular weight is 340 g/mol. The average Bonchev–Trinajstić information content (AvgIpc) is 2.96. The van der Waals surface area contributed by atoms with Crippen molar-refractivity contribution in [3.63, 3.8) is 0 Å². The van der Waals surface area contributed by atoms with Crippen molar-refractivity contribution < 1.29 is 14.5 Å². The van der Waals surface area contributed by atoms with E-state index in [-0.39, 0.29) is 11.5 Å². The molecule has 0 fully saturated rings. The van der Waals surface area contributed by atoms with E-state index in [1.807, 2.05) is 36.4 Å². The summed E-state index contributed by atoms with van der Waals surface area (Å²) in [4.78, 5) is 22.8. The lowest BCUT2D eigenvalue weighted by atomic mass is 10.1. The number of benzene rings is 2. The summed E-state index contributed by atoms with van der Waals surface area (Å²) in [5.74, 6) is 0.0864. The molecule has 3 aromatic rings. The van der Waals surface area contributed by atoms with Gasteiger partial charge in [-0.15, -0.1) is 0 Å². The molecule has 0 saturated heterocycles. The molecule has 1 heterocycles. The van der Waals surface area contributed by atoms with E-state index in [4.69, 9.17) is 4.74 Å². The van der Waals surface area contributed by atoms with Gasteiger partial charge in [-0.3, -0.25) is 14.9 Å². The molecule has 3 rings (SSSR count). The number of nitrogens with one attached hydrogen (secondary N) is 1. The van der Waals surface area contributed by atoms with Crippen molar-refractivity contribution in [2.24, 2.45) is 7.05 Å². The summed E-state index contributed by atoms with van der Waals surface area (Å²) in [6.45, 7) is 1.58. The monoisotopic (exact) mass is 340 g/mol. The lowest BCUT2D eigenvalue weighted by Crippen LogP contribution is -2.31. The van der Waals surface area contributed by atoms with Crippen LogP contribution in [-0.2, 0) is 11.8 Å². The quantitative estimate of drug-likeness (QED) is 0.569. The Morgan fingerprint density at radius 2 is 2.00 bits per heavy atom. The zero-order valence-corrected chi connectivity index (χ0v) is 13.7. The SMILES string of the molecule is CC(Oc1cccc2ccccc12)C(=O)Nc1c([N+](=O)[O-])cnn1C. The molecule has 1 atom stereocenters. The second-order valence-electron chi connectivity index (χ2n) is 5.49. The number of carbonyl (C=O) groups is 1. The zero-order valence-electron chi connectivity index (χ0n) is 13.7. The third-order valence-corrected chi connectivity index (χ3v) is 3.78. The predicted octanol–water partition coefficient (Wildman–Crippen LogP) is 2.89. The Hall–Kier alpha value is -3.42. The van der Waals surface area contributed by atoms with E-state index in [0.717, 1.165) is 17.0 Å². The van der Waals surface area contributed by atoms with Crippen LogP contribution >= 0.6 is 0 Å². The molecular formula is C17H16N4O4. The normalized spacial score (nSPS) is 11.9. The second-order valence-corrected chi connectivity index (χ2v) is 5.49. The first-order valence-electron chi connectivity index (χ1n) is 7.59. The number of hydrogen-bond acceptors (Lipinski definition) is 5. The molecule has 0 radical (unpaired) electrons. The van der Waals surface area contributed by atoms with Gasteiger partial charge in [0.1, 0.15) is 11.9 Å². The van der Waals surface area contributed by atoms with Crippen LogP contribution in [0.5, 0.6) is 5.75 Å². The Morgan fingerprint density at radius 3 is 2.76 bits per heavy atom. The minimum absolute atomic E-state index is 0.0170. The highest BCUT2D eigenvalue weighted by Crippen LogP contribution is 2.27. The van der Waals surface area contributed by atoms with Crippen molar-refractivity contribution in [2.45, 2.75) is 13.0 Å². The topological polar surface area (TPSA) is 99.3 Å². The van der Waals surface area contributed by atoms with Gasteiger partial charge in [-0.25, -0.2) is 4.68 Å². The van der Waals surface area contributed by atoms with E-state index in [2.05, 4.69) is 10.4 Å². The Morgan fingerprint density at radius 1 is 1.28 bits per heavy atom. The van der Waals surface area contributed by atoms with Gasteiger partial charge in [0.25, 0.3) is 5.91 Å². The van der Waals surface area contributed by atoms with Crippen LogP contribution in [0.4, 0.5) is 11.5 Å². The molecule has 128 valence electrons. The maximum atomic E-state index is 12.4. The smallest absolute Gasteiger partial charge is 0.331 e. The number of hydrogen-bond donors (Lipinski definition) is 1. The summed E-state index contributed by atoms with van der Waals surface area (Å²) in [5.41, 5.74) is -0.270. The number of ether oxygens (including phenoxy) is 1. The second kappa shape index (κ2) is 6.60. The number of nitrogens with zero attached hydrogens (tertiary/aromatic N) is 3. The van der Waals surface area contributed by atoms with E-state index in [0.29, 0.717) is 5.75 Å². The van der Waals surface area contributed by atoms with Crippen LogP contribution in [0, 0.1) is 10.1 Å². The molecule has 1 amide bonds. The molecular weight excluding hydrogens is 324 g/mol. The summed E-state index contributed by atoms with van der Waals surface area (Å²) in [6, 6.07) is 13.2. The van der Waals surface area contributed by atoms with Crippen molar-refractivity contribution in [3.05, 3.63) is 58.8 Å². The van der Waals surface area contributed by atoms with Crippen LogP contribution in [0.2, 0.25) is 0 Å². The van der Waals surface area contributed by atoms with Crippen molar-refractivity contribution in [1.29, 1.82) is 0 Å². The minimum atomic E-state index is -0.847. The first-order valence-corrected chi connectivity index (χ1v) is 7.59. The van der Waals surface area contributed by atoms with Gasteiger partial charge in [0.15, 0.2) is 6.10 Å². The summed E-state index contributed by atoms with van der Waals surface area (Å²) < 4.78 is 7.00. The highest BCUT2D eigenvalue weighted by Gasteiger charge is 2.24. The van der Waals surface area contributed by atoms with Gasteiger partial charge in [-0.1, -0.05) is 36.4 Å². The number of fused-ring (bicyclic) bond motifs is 1. The highest BCUT2D eigenvalue weighted by atomic mass is 16.6. The van der Waals surface area contributed by atoms with Gasteiger partial charge in [0, 0.05) is 12.4 Å². The van der Waals surface area contributed by atoms with Crippen molar-refractivity contribution in [1.82, 2.24) is 9.78 Å². The molecule has 0 aliphatic carbocycles. The first-order chi connectivity index (χ1) is 12.0. The number of aromatic nitrogens is 2. The minimum Gasteiger partial charge on any atom is -0.480 e. The maximum Gasteiger partial charge on any atom is 0.331 e. The highest BCUT2D eigenvalue weighted by molar-refractivity contribution is 5.95. The van der Waals surface area contributed by atoms with Gasteiger partial charge < -0.3 is 10.1 Å². The van der Waals surface area contributed by atoms with E-state index in [1.54, 1.807) is 13.0 Å². The number of rotatable bonds is 5. The zero-order chi connectivity index (χ0) is 18.0. The Labute approximate surface area is 143 Å². The molecule has 1 N–H and O–H groups in total. The van der Waals surface area contributed by atoms with Crippen LogP contribution in [-0.4, -0.2) is 26.7 Å². The molecule has 25 heavy (non-hydrogen) atoms. The maximum absolute atomic E-state index is 12.4. The van der Waals surface area contributed by atoms with Crippen LogP contribution in [0.25, 0.3) is 10.8 Å². The summed E-state index contributed by atoms with van der Waals surface area (Å²) >= 11 is 0.